The van der Waals surface area contributed by atoms with Crippen molar-refractivity contribution in [1.29, 1.82) is 0 Å². The zero-order chi connectivity index (χ0) is 9.54. The fourth-order valence-corrected chi connectivity index (χ4v) is 0.0680. The maximum Gasteiger partial charge on any atom is 0.0744 e. The lowest BCUT2D eigenvalue weighted by molar-refractivity contribution is -0.491. The van der Waals surface area contributed by atoms with Gasteiger partial charge in [-0.3, -0.25) is 0 Å². The SMILES string of the molecule is CC=NC.COOOC.CP. The lowest BCUT2D eigenvalue weighted by Gasteiger charge is -1.85. The Morgan fingerprint density at radius 2 is 1.45 bits per heavy atom. The second kappa shape index (κ2) is 32.5. The van der Waals surface area contributed by atoms with Crippen LogP contribution in [0.15, 0.2) is 4.99 Å². The summed E-state index contributed by atoms with van der Waals surface area (Å²) < 4.78 is 0. The topological polar surface area (TPSA) is 40.0 Å². The Hall–Kier alpha value is -0.0200. The molecular weight excluding hydrogens is 165 g/mol. The van der Waals surface area contributed by atoms with Crippen LogP contribution in [-0.2, 0) is 14.8 Å². The first kappa shape index (κ1) is 17.2. The summed E-state index contributed by atoms with van der Waals surface area (Å²) in [7, 11) is 6.90. The molecule has 0 aliphatic heterocycles. The van der Waals surface area contributed by atoms with Gasteiger partial charge in [-0.05, 0) is 13.1 Å². The molecule has 0 amide bonds. The standard InChI is InChI=1S/C3H7N.C2H6O3.CH5P/c1-3-4-2;1-3-5-4-2;1-2/h3H,1-2H3;1-2H3;2H2,1H3. The van der Waals surface area contributed by atoms with Gasteiger partial charge in [-0.15, -0.1) is 9.24 Å². The van der Waals surface area contributed by atoms with Gasteiger partial charge < -0.3 is 4.99 Å². The van der Waals surface area contributed by atoms with Gasteiger partial charge in [-0.2, -0.15) is 0 Å². The Morgan fingerprint density at radius 3 is 1.45 bits per heavy atom. The molecule has 0 aromatic rings. The number of hydrogen-bond donors (Lipinski definition) is 0. The van der Waals surface area contributed by atoms with Crippen LogP contribution < -0.4 is 0 Å². The molecule has 0 saturated heterocycles. The number of hydrogen-bond acceptors (Lipinski definition) is 4. The van der Waals surface area contributed by atoms with Crippen molar-refractivity contribution in [3.8, 4) is 0 Å². The quantitative estimate of drug-likeness (QED) is 0.280. The van der Waals surface area contributed by atoms with Gasteiger partial charge in [0, 0.05) is 7.05 Å². The van der Waals surface area contributed by atoms with E-state index in [0.29, 0.717) is 0 Å². The molecule has 4 nitrogen and oxygen atoms in total. The van der Waals surface area contributed by atoms with Crippen LogP contribution in [0.4, 0.5) is 0 Å². The van der Waals surface area contributed by atoms with Gasteiger partial charge in [0.2, 0.25) is 0 Å². The molecule has 0 saturated carbocycles. The van der Waals surface area contributed by atoms with Crippen LogP contribution in [0.5, 0.6) is 0 Å². The third-order valence-corrected chi connectivity index (χ3v) is 0.394. The number of aliphatic imine (C=N–C) groups is 1. The Labute approximate surface area is 71.0 Å². The molecule has 0 radical (unpaired) electrons. The first-order valence-electron chi connectivity index (χ1n) is 3.01. The second-order valence-electron chi connectivity index (χ2n) is 0.918. The van der Waals surface area contributed by atoms with Gasteiger partial charge in [0.15, 0.2) is 0 Å². The van der Waals surface area contributed by atoms with Gasteiger partial charge >= 0.3 is 0 Å². The smallest absolute Gasteiger partial charge is 0.0744 e. The Balaban J connectivity index is -0.0000000965. The van der Waals surface area contributed by atoms with E-state index in [9.17, 15) is 0 Å². The second-order valence-corrected chi connectivity index (χ2v) is 0.918. The van der Waals surface area contributed by atoms with Gasteiger partial charge in [0.1, 0.15) is 0 Å². The summed E-state index contributed by atoms with van der Waals surface area (Å²) in [5.41, 5.74) is 0. The minimum atomic E-state index is 1.36. The third-order valence-electron chi connectivity index (χ3n) is 0.394. The molecule has 70 valence electrons. The molecule has 0 aliphatic carbocycles. The fraction of sp³-hybridized carbons (Fsp3) is 0.833. The van der Waals surface area contributed by atoms with Crippen LogP contribution in [0, 0.1) is 0 Å². The monoisotopic (exact) mass is 183 g/mol. The van der Waals surface area contributed by atoms with E-state index in [1.807, 2.05) is 13.6 Å². The lowest BCUT2D eigenvalue weighted by atomic mass is 10.9. The van der Waals surface area contributed by atoms with Crippen molar-refractivity contribution in [2.75, 3.05) is 27.9 Å². The highest BCUT2D eigenvalue weighted by atomic mass is 31.0. The molecule has 0 aromatic carbocycles. The van der Waals surface area contributed by atoms with E-state index in [1.165, 1.54) is 14.2 Å². The van der Waals surface area contributed by atoms with Crippen molar-refractivity contribution in [3.05, 3.63) is 0 Å². The highest BCUT2D eigenvalue weighted by Crippen LogP contribution is 1.64. The number of rotatable bonds is 2. The summed E-state index contributed by atoms with van der Waals surface area (Å²) in [6, 6.07) is 0. The Kier molecular flexibility index (Phi) is 50.7. The van der Waals surface area contributed by atoms with Crippen molar-refractivity contribution >= 4 is 15.5 Å². The minimum Gasteiger partial charge on any atom is -0.301 e. The molecule has 0 N–H and O–H groups in total. The summed E-state index contributed by atoms with van der Waals surface area (Å²) >= 11 is 0. The van der Waals surface area contributed by atoms with Crippen LogP contribution in [-0.4, -0.2) is 34.1 Å². The fourth-order valence-electron chi connectivity index (χ4n) is 0.0680. The zero-order valence-electron chi connectivity index (χ0n) is 7.83. The highest BCUT2D eigenvalue weighted by Gasteiger charge is 1.62. The van der Waals surface area contributed by atoms with Crippen LogP contribution >= 0.6 is 9.24 Å². The predicted octanol–water partition coefficient (Wildman–Crippen LogP) is 1.32. The van der Waals surface area contributed by atoms with E-state index in [-0.39, 0.29) is 0 Å². The molecule has 0 aliphatic rings. The van der Waals surface area contributed by atoms with Crippen molar-refractivity contribution in [1.82, 2.24) is 0 Å². The number of nitrogens with zero attached hydrogens (tertiary/aromatic N) is 1. The van der Waals surface area contributed by atoms with Gasteiger partial charge in [-0.1, -0.05) is 11.7 Å². The van der Waals surface area contributed by atoms with Crippen LogP contribution in [0.1, 0.15) is 6.92 Å². The van der Waals surface area contributed by atoms with Crippen LogP contribution in [0.2, 0.25) is 0 Å². The summed E-state index contributed by atoms with van der Waals surface area (Å²) in [6.07, 6.45) is 1.75. The lowest BCUT2D eigenvalue weighted by Crippen LogP contribution is -1.82. The Bertz CT molecular complexity index is 55.8. The normalized spacial score (nSPS) is 7.82. The van der Waals surface area contributed by atoms with Gasteiger partial charge in [0.05, 0.1) is 14.2 Å². The largest absolute Gasteiger partial charge is 0.301 e. The third kappa shape index (κ3) is 71.6. The van der Waals surface area contributed by atoms with Crippen LogP contribution in [0.25, 0.3) is 0 Å². The van der Waals surface area contributed by atoms with Crippen molar-refractivity contribution in [3.63, 3.8) is 0 Å². The summed E-state index contributed by atoms with van der Waals surface area (Å²) in [4.78, 5) is 11.5. The molecule has 1 unspecified atom stereocenters. The van der Waals surface area contributed by atoms with Crippen molar-refractivity contribution in [2.45, 2.75) is 6.92 Å². The van der Waals surface area contributed by atoms with Gasteiger partial charge in [-0.25, -0.2) is 9.78 Å². The van der Waals surface area contributed by atoms with E-state index in [4.69, 9.17) is 0 Å². The molecular formula is C6H18NO3P. The van der Waals surface area contributed by atoms with Crippen molar-refractivity contribution in [2.24, 2.45) is 4.99 Å². The van der Waals surface area contributed by atoms with E-state index in [2.05, 4.69) is 29.0 Å². The average Bonchev–Trinajstić information content (AvgIpc) is 2.10. The average molecular weight is 183 g/mol. The van der Waals surface area contributed by atoms with Gasteiger partial charge in [0.25, 0.3) is 0 Å². The highest BCUT2D eigenvalue weighted by molar-refractivity contribution is 7.15. The molecule has 0 fully saturated rings. The first-order valence-corrected chi connectivity index (χ1v) is 4.16. The molecule has 0 rings (SSSR count). The Morgan fingerprint density at radius 1 is 1.18 bits per heavy atom. The van der Waals surface area contributed by atoms with E-state index in [0.717, 1.165) is 0 Å². The first-order chi connectivity index (χ1) is 5.33. The summed E-state index contributed by atoms with van der Waals surface area (Å²) in [6.45, 7) is 3.81. The molecule has 0 heterocycles. The maximum atomic E-state index is 3.97. The summed E-state index contributed by atoms with van der Waals surface area (Å²) in [5.74, 6) is 0. The molecule has 0 aromatic heterocycles. The van der Waals surface area contributed by atoms with Crippen molar-refractivity contribution < 1.29 is 14.8 Å². The molecule has 1 atom stereocenters. The molecule has 5 heteroatoms. The maximum absolute atomic E-state index is 3.97. The van der Waals surface area contributed by atoms with Crippen LogP contribution in [0.3, 0.4) is 0 Å². The minimum absolute atomic E-state index is 1.36. The zero-order valence-corrected chi connectivity index (χ0v) is 8.98. The summed E-state index contributed by atoms with van der Waals surface area (Å²) in [5, 5.41) is 3.83. The van der Waals surface area contributed by atoms with E-state index >= 15 is 0 Å². The molecule has 0 bridgehead atoms. The van der Waals surface area contributed by atoms with E-state index in [1.54, 1.807) is 13.3 Å². The molecule has 0 spiro atoms. The molecule has 11 heavy (non-hydrogen) atoms. The van der Waals surface area contributed by atoms with E-state index < -0.39 is 0 Å². The predicted molar refractivity (Wildman–Crippen MR) is 50.8 cm³/mol.